The number of rotatable bonds is 5. The summed E-state index contributed by atoms with van der Waals surface area (Å²) in [4.78, 5) is 30.0. The van der Waals surface area contributed by atoms with Gasteiger partial charge in [0.05, 0.1) is 5.92 Å². The van der Waals surface area contributed by atoms with Gasteiger partial charge in [0.25, 0.3) is 5.91 Å². The van der Waals surface area contributed by atoms with Gasteiger partial charge in [0, 0.05) is 38.1 Å². The smallest absolute Gasteiger partial charge is 0.270 e. The number of amides is 2. The molecule has 0 saturated carbocycles. The minimum absolute atomic E-state index is 0.0652. The minimum atomic E-state index is -3.80. The van der Waals surface area contributed by atoms with Crippen molar-refractivity contribution in [1.29, 1.82) is 0 Å². The van der Waals surface area contributed by atoms with Crippen molar-refractivity contribution < 1.29 is 18.0 Å². The lowest BCUT2D eigenvalue weighted by atomic mass is 9.98. The van der Waals surface area contributed by atoms with Crippen molar-refractivity contribution in [2.24, 2.45) is 5.92 Å². The van der Waals surface area contributed by atoms with Crippen LogP contribution in [0, 0.1) is 19.8 Å². The van der Waals surface area contributed by atoms with E-state index < -0.39 is 15.9 Å². The third kappa shape index (κ3) is 4.73. The van der Waals surface area contributed by atoms with Gasteiger partial charge < -0.3 is 15.2 Å². The first kappa shape index (κ1) is 22.5. The molecule has 3 heterocycles. The Morgan fingerprint density at radius 2 is 1.69 bits per heavy atom. The van der Waals surface area contributed by atoms with E-state index in [1.165, 1.54) is 16.6 Å². The molecule has 2 aliphatic heterocycles. The van der Waals surface area contributed by atoms with Crippen LogP contribution in [0.2, 0.25) is 0 Å². The summed E-state index contributed by atoms with van der Waals surface area (Å²) in [5, 5.41) is 2.94. The molecule has 2 amide bonds. The molecule has 2 saturated heterocycles. The Kier molecular flexibility index (Phi) is 6.39. The second kappa shape index (κ2) is 9.07. The highest BCUT2D eigenvalue weighted by Crippen LogP contribution is 2.26. The van der Waals surface area contributed by atoms with E-state index in [1.807, 2.05) is 32.0 Å². The van der Waals surface area contributed by atoms with Gasteiger partial charge in [-0.15, -0.1) is 0 Å². The number of hydrogen-bond donors (Lipinski definition) is 2. The molecule has 2 aromatic rings. The van der Waals surface area contributed by atoms with Gasteiger partial charge in [0.2, 0.25) is 15.9 Å². The number of nitrogens with one attached hydrogen (secondary N) is 2. The molecule has 2 fully saturated rings. The van der Waals surface area contributed by atoms with Crippen molar-refractivity contribution in [3.8, 4) is 0 Å². The molecule has 1 atom stereocenters. The highest BCUT2D eigenvalue weighted by Gasteiger charge is 2.34. The average Bonchev–Trinajstić information content (AvgIpc) is 3.45. The quantitative estimate of drug-likeness (QED) is 0.719. The first-order valence-corrected chi connectivity index (χ1v) is 12.5. The monoisotopic (exact) mass is 458 g/mol. The van der Waals surface area contributed by atoms with E-state index in [-0.39, 0.29) is 28.9 Å². The summed E-state index contributed by atoms with van der Waals surface area (Å²) in [6, 6.07) is 7.25. The molecule has 2 N–H and O–H groups in total. The van der Waals surface area contributed by atoms with E-state index in [0.29, 0.717) is 32.5 Å². The number of aromatic amines is 1. The number of H-pyrrole nitrogens is 1. The molecule has 0 bridgehead atoms. The predicted molar refractivity (Wildman–Crippen MR) is 122 cm³/mol. The van der Waals surface area contributed by atoms with Crippen LogP contribution in [0.25, 0.3) is 0 Å². The first-order valence-electron chi connectivity index (χ1n) is 11.1. The third-order valence-electron chi connectivity index (χ3n) is 6.16. The number of carbonyl (C=O) groups is 2. The molecule has 8 nitrogen and oxygen atoms in total. The predicted octanol–water partition coefficient (Wildman–Crippen LogP) is 2.91. The van der Waals surface area contributed by atoms with Gasteiger partial charge in [-0.3, -0.25) is 9.59 Å². The molecule has 32 heavy (non-hydrogen) atoms. The number of anilines is 1. The summed E-state index contributed by atoms with van der Waals surface area (Å²) >= 11 is 0. The Bertz CT molecular complexity index is 1100. The maximum Gasteiger partial charge on any atom is 0.270 e. The van der Waals surface area contributed by atoms with Gasteiger partial charge in [-0.2, -0.15) is 4.31 Å². The van der Waals surface area contributed by atoms with Gasteiger partial charge in [0.1, 0.15) is 10.6 Å². The summed E-state index contributed by atoms with van der Waals surface area (Å²) in [7, 11) is -3.80. The number of carbonyl (C=O) groups excluding carboxylic acids is 2. The number of nitrogens with zero attached hydrogens (tertiary/aromatic N) is 2. The second-order valence-corrected chi connectivity index (χ2v) is 10.8. The molecule has 0 aliphatic carbocycles. The Morgan fingerprint density at radius 3 is 2.38 bits per heavy atom. The zero-order valence-electron chi connectivity index (χ0n) is 18.6. The van der Waals surface area contributed by atoms with Gasteiger partial charge >= 0.3 is 0 Å². The molecule has 2 aliphatic rings. The van der Waals surface area contributed by atoms with Crippen LogP contribution in [0.1, 0.15) is 47.3 Å². The molecule has 1 aromatic heterocycles. The highest BCUT2D eigenvalue weighted by molar-refractivity contribution is 7.89. The Balaban J connectivity index is 1.45. The molecule has 0 radical (unpaired) electrons. The van der Waals surface area contributed by atoms with Crippen molar-refractivity contribution in [1.82, 2.24) is 14.2 Å². The van der Waals surface area contributed by atoms with E-state index in [9.17, 15) is 18.0 Å². The number of likely N-dealkylation sites (tertiary alicyclic amines) is 1. The molecule has 9 heteroatoms. The normalized spacial score (nSPS) is 19.8. The van der Waals surface area contributed by atoms with E-state index in [1.54, 1.807) is 4.90 Å². The zero-order valence-corrected chi connectivity index (χ0v) is 19.4. The number of sulfonamides is 1. The van der Waals surface area contributed by atoms with Crippen LogP contribution in [0.3, 0.4) is 0 Å². The Labute approximate surface area is 189 Å². The van der Waals surface area contributed by atoms with Crippen LogP contribution >= 0.6 is 0 Å². The lowest BCUT2D eigenvalue weighted by molar-refractivity contribution is -0.120. The minimum Gasteiger partial charge on any atom is -0.356 e. The van der Waals surface area contributed by atoms with Crippen molar-refractivity contribution >= 4 is 27.5 Å². The van der Waals surface area contributed by atoms with E-state index in [4.69, 9.17) is 0 Å². The third-order valence-corrected chi connectivity index (χ3v) is 8.01. The average molecular weight is 459 g/mol. The van der Waals surface area contributed by atoms with Crippen LogP contribution in [-0.2, 0) is 14.8 Å². The van der Waals surface area contributed by atoms with Crippen LogP contribution < -0.4 is 5.32 Å². The van der Waals surface area contributed by atoms with Crippen molar-refractivity contribution in [3.63, 3.8) is 0 Å². The fourth-order valence-corrected chi connectivity index (χ4v) is 6.07. The van der Waals surface area contributed by atoms with Gasteiger partial charge in [-0.25, -0.2) is 8.42 Å². The van der Waals surface area contributed by atoms with Gasteiger partial charge in [-0.05, 0) is 68.9 Å². The van der Waals surface area contributed by atoms with Crippen molar-refractivity contribution in [2.75, 3.05) is 31.5 Å². The van der Waals surface area contributed by atoms with Crippen LogP contribution in [0.4, 0.5) is 5.69 Å². The van der Waals surface area contributed by atoms with Crippen LogP contribution in [0.5, 0.6) is 0 Å². The fraction of sp³-hybridized carbons (Fsp3) is 0.478. The van der Waals surface area contributed by atoms with Crippen LogP contribution in [0.15, 0.2) is 35.4 Å². The molecular formula is C23H30N4O4S. The maximum atomic E-state index is 13.2. The second-order valence-electron chi connectivity index (χ2n) is 8.82. The maximum absolute atomic E-state index is 13.2. The number of benzene rings is 1. The van der Waals surface area contributed by atoms with E-state index in [0.717, 1.165) is 29.7 Å². The highest BCUT2D eigenvalue weighted by atomic mass is 32.2. The summed E-state index contributed by atoms with van der Waals surface area (Å²) in [6.07, 6.45) is 4.55. The first-order chi connectivity index (χ1) is 15.2. The lowest BCUT2D eigenvalue weighted by Gasteiger charge is -2.31. The number of aromatic nitrogens is 1. The van der Waals surface area contributed by atoms with E-state index >= 15 is 0 Å². The topological polar surface area (TPSA) is 103 Å². The molecule has 172 valence electrons. The fourth-order valence-electron chi connectivity index (χ4n) is 4.55. The largest absolute Gasteiger partial charge is 0.356 e. The molecule has 0 spiro atoms. The van der Waals surface area contributed by atoms with Crippen LogP contribution in [-0.4, -0.2) is 60.6 Å². The SMILES string of the molecule is Cc1cc(C)cc(NC(=O)[C@H]2CCCN(S(=O)(=O)c3c[nH]c(C(=O)N4CCCC4)c3)C2)c1. The number of aryl methyl sites for hydroxylation is 2. The van der Waals surface area contributed by atoms with E-state index in [2.05, 4.69) is 10.3 Å². The van der Waals surface area contributed by atoms with Crippen molar-refractivity contribution in [3.05, 3.63) is 47.3 Å². The summed E-state index contributed by atoms with van der Waals surface area (Å²) < 4.78 is 27.8. The van der Waals surface area contributed by atoms with Crippen molar-refractivity contribution in [2.45, 2.75) is 44.4 Å². The number of hydrogen-bond acceptors (Lipinski definition) is 4. The van der Waals surface area contributed by atoms with Gasteiger partial charge in [0.15, 0.2) is 0 Å². The zero-order chi connectivity index (χ0) is 22.9. The molecule has 1 aromatic carbocycles. The summed E-state index contributed by atoms with van der Waals surface area (Å²) in [5.74, 6) is -0.772. The van der Waals surface area contributed by atoms with Gasteiger partial charge in [-0.1, -0.05) is 6.07 Å². The Hall–Kier alpha value is -2.65. The molecule has 4 rings (SSSR count). The lowest BCUT2D eigenvalue weighted by Crippen LogP contribution is -2.43. The Morgan fingerprint density at radius 1 is 1.00 bits per heavy atom. The number of piperidine rings is 1. The summed E-state index contributed by atoms with van der Waals surface area (Å²) in [6.45, 7) is 5.82. The summed E-state index contributed by atoms with van der Waals surface area (Å²) in [5.41, 5.74) is 3.12. The molecule has 0 unspecified atom stereocenters. The molecular weight excluding hydrogens is 428 g/mol. The standard InChI is InChI=1S/C23H30N4O4S/c1-16-10-17(2)12-19(11-16)25-22(28)18-6-5-9-27(15-18)32(30,31)20-13-21(24-14-20)23(29)26-7-3-4-8-26/h10-14,18,24H,3-9,15H2,1-2H3,(H,25,28)/t18-/m0/s1.